The van der Waals surface area contributed by atoms with E-state index in [4.69, 9.17) is 0 Å². The maximum atomic E-state index is 2.54. The van der Waals surface area contributed by atoms with E-state index in [1.54, 1.807) is 0 Å². The van der Waals surface area contributed by atoms with Gasteiger partial charge in [-0.2, -0.15) is 0 Å². The molecule has 57 heavy (non-hydrogen) atoms. The minimum Gasteiger partial charge on any atom is -0.309 e. The van der Waals surface area contributed by atoms with E-state index in [9.17, 15) is 0 Å². The van der Waals surface area contributed by atoms with E-state index in [0.29, 0.717) is 0 Å². The van der Waals surface area contributed by atoms with Crippen molar-refractivity contribution in [3.05, 3.63) is 206 Å². The molecule has 3 heteroatoms. The number of fused-ring (bicyclic) bond motifs is 10. The van der Waals surface area contributed by atoms with Gasteiger partial charge in [0.15, 0.2) is 0 Å². The Hall–Kier alpha value is -7.20. The molecule has 12 aromatic rings. The van der Waals surface area contributed by atoms with Gasteiger partial charge in [0.2, 0.25) is 0 Å². The molecular weight excluding hydrogens is 709 g/mol. The number of nitrogens with zero attached hydrogens (tertiary/aromatic N) is 2. The monoisotopic (exact) mass is 742 g/mol. The molecule has 0 saturated carbocycles. The van der Waals surface area contributed by atoms with Gasteiger partial charge in [0, 0.05) is 42.7 Å². The van der Waals surface area contributed by atoms with E-state index in [0.717, 1.165) is 5.69 Å². The Bertz CT molecular complexity index is 3540. The number of rotatable bonds is 5. The Morgan fingerprint density at radius 3 is 1.82 bits per heavy atom. The third-order valence-corrected chi connectivity index (χ3v) is 13.0. The van der Waals surface area contributed by atoms with Crippen molar-refractivity contribution in [3.8, 4) is 16.8 Å². The molecule has 266 valence electrons. The summed E-state index contributed by atoms with van der Waals surface area (Å²) in [6, 6.07) is 75.8. The fraction of sp³-hybridized carbons (Fsp3) is 0. The van der Waals surface area contributed by atoms with Crippen molar-refractivity contribution >= 4 is 103 Å². The van der Waals surface area contributed by atoms with E-state index in [-0.39, 0.29) is 0 Å². The van der Waals surface area contributed by atoms with Gasteiger partial charge in [-0.3, -0.25) is 0 Å². The van der Waals surface area contributed by atoms with Crippen LogP contribution in [-0.2, 0) is 0 Å². The maximum absolute atomic E-state index is 2.54. The van der Waals surface area contributed by atoms with Gasteiger partial charge in [-0.15, -0.1) is 11.3 Å². The first-order valence-corrected chi connectivity index (χ1v) is 20.3. The topological polar surface area (TPSA) is 8.17 Å². The van der Waals surface area contributed by atoms with Crippen LogP contribution in [0.4, 0.5) is 17.1 Å². The molecule has 0 unspecified atom stereocenters. The van der Waals surface area contributed by atoms with Crippen molar-refractivity contribution in [1.29, 1.82) is 0 Å². The zero-order valence-electron chi connectivity index (χ0n) is 30.9. The first-order chi connectivity index (χ1) is 28.3. The van der Waals surface area contributed by atoms with E-state index in [2.05, 4.69) is 216 Å². The molecule has 0 aliphatic carbocycles. The highest BCUT2D eigenvalue weighted by molar-refractivity contribution is 7.26. The number of anilines is 3. The third-order valence-electron chi connectivity index (χ3n) is 11.8. The molecule has 0 aliphatic heterocycles. The highest BCUT2D eigenvalue weighted by atomic mass is 32.1. The average Bonchev–Trinajstić information content (AvgIpc) is 3.83. The number of thiophene rings is 1. The van der Waals surface area contributed by atoms with Gasteiger partial charge in [-0.1, -0.05) is 152 Å². The van der Waals surface area contributed by atoms with Crippen LogP contribution < -0.4 is 4.90 Å². The molecule has 10 aromatic carbocycles. The summed E-state index contributed by atoms with van der Waals surface area (Å²) in [5.41, 5.74) is 9.52. The Kier molecular flexibility index (Phi) is 7.13. The second kappa shape index (κ2) is 12.7. The van der Waals surface area contributed by atoms with Crippen molar-refractivity contribution in [2.24, 2.45) is 0 Å². The van der Waals surface area contributed by atoms with Crippen LogP contribution in [0.5, 0.6) is 0 Å². The first-order valence-electron chi connectivity index (χ1n) is 19.5. The predicted octanol–water partition coefficient (Wildman–Crippen LogP) is 15.7. The molecule has 0 radical (unpaired) electrons. The summed E-state index contributed by atoms with van der Waals surface area (Å²) < 4.78 is 4.97. The van der Waals surface area contributed by atoms with Crippen molar-refractivity contribution < 1.29 is 0 Å². The lowest BCUT2D eigenvalue weighted by atomic mass is 9.94. The molecule has 0 N–H and O–H groups in total. The summed E-state index contributed by atoms with van der Waals surface area (Å²) in [6.07, 6.45) is 0. The summed E-state index contributed by atoms with van der Waals surface area (Å²) in [6.45, 7) is 0. The Morgan fingerprint density at radius 2 is 0.982 bits per heavy atom. The van der Waals surface area contributed by atoms with Crippen molar-refractivity contribution in [2.75, 3.05) is 4.90 Å². The van der Waals surface area contributed by atoms with Crippen LogP contribution in [-0.4, -0.2) is 4.57 Å². The number of aromatic nitrogens is 1. The van der Waals surface area contributed by atoms with E-state index >= 15 is 0 Å². The van der Waals surface area contributed by atoms with E-state index in [1.807, 2.05) is 11.3 Å². The SMILES string of the molecule is c1ccc(-n2c3ccccc3c3cc(-c4ccc(N(c5cc6ccccc6c6ccccc56)c5cccc6c5sc5ccccc56)c5ccccc45)ccc32)cc1. The summed E-state index contributed by atoms with van der Waals surface area (Å²) in [5.74, 6) is 0. The molecule has 0 spiro atoms. The quantitative estimate of drug-likeness (QED) is 0.159. The molecular formula is C54H34N2S. The van der Waals surface area contributed by atoms with Crippen LogP contribution in [0, 0.1) is 0 Å². The Morgan fingerprint density at radius 1 is 0.351 bits per heavy atom. The lowest BCUT2D eigenvalue weighted by molar-refractivity contribution is 1.18. The van der Waals surface area contributed by atoms with Gasteiger partial charge >= 0.3 is 0 Å². The molecule has 0 amide bonds. The van der Waals surface area contributed by atoms with Gasteiger partial charge in [-0.25, -0.2) is 0 Å². The van der Waals surface area contributed by atoms with Gasteiger partial charge in [0.1, 0.15) is 0 Å². The lowest BCUT2D eigenvalue weighted by Crippen LogP contribution is -2.11. The number of benzene rings is 10. The van der Waals surface area contributed by atoms with Crippen LogP contribution >= 0.6 is 11.3 Å². The van der Waals surface area contributed by atoms with Gasteiger partial charge in [-0.05, 0) is 87.3 Å². The van der Waals surface area contributed by atoms with Crippen LogP contribution in [0.25, 0.3) is 91.1 Å². The van der Waals surface area contributed by atoms with Crippen molar-refractivity contribution in [2.45, 2.75) is 0 Å². The Balaban J connectivity index is 1.13. The molecule has 2 nitrogen and oxygen atoms in total. The number of hydrogen-bond acceptors (Lipinski definition) is 2. The normalized spacial score (nSPS) is 11.9. The van der Waals surface area contributed by atoms with Crippen molar-refractivity contribution in [3.63, 3.8) is 0 Å². The molecule has 0 bridgehead atoms. The first kappa shape index (κ1) is 32.1. The molecule has 0 atom stereocenters. The maximum Gasteiger partial charge on any atom is 0.0640 e. The number of para-hydroxylation sites is 2. The minimum atomic E-state index is 1.15. The molecule has 2 aromatic heterocycles. The van der Waals surface area contributed by atoms with Gasteiger partial charge < -0.3 is 9.47 Å². The molecule has 0 saturated heterocycles. The van der Waals surface area contributed by atoms with Gasteiger partial charge in [0.25, 0.3) is 0 Å². The summed E-state index contributed by atoms with van der Waals surface area (Å²) in [5, 5.41) is 12.5. The molecule has 2 heterocycles. The smallest absolute Gasteiger partial charge is 0.0640 e. The zero-order chi connectivity index (χ0) is 37.5. The number of hydrogen-bond donors (Lipinski definition) is 0. The van der Waals surface area contributed by atoms with Crippen molar-refractivity contribution in [1.82, 2.24) is 4.57 Å². The highest BCUT2D eigenvalue weighted by Gasteiger charge is 2.23. The fourth-order valence-electron chi connectivity index (χ4n) is 9.24. The standard InChI is InChI=1S/C54H34N2S/c1-2-16-37(17-3-1)55-48-26-12-10-23-44(48)47-33-36(29-31-50(47)55)39-30-32-49(42-21-8-6-20-41(39)42)56(51-27-14-25-46-45-24-11-13-28-53(45)57-54(46)51)52-34-35-15-4-5-18-38(35)40-19-7-9-22-43(40)52/h1-34H. The van der Waals surface area contributed by atoms with Crippen LogP contribution in [0.3, 0.4) is 0 Å². The molecule has 12 rings (SSSR count). The second-order valence-corrected chi connectivity index (χ2v) is 15.9. The van der Waals surface area contributed by atoms with E-state index < -0.39 is 0 Å². The van der Waals surface area contributed by atoms with Crippen LogP contribution in [0.1, 0.15) is 0 Å². The van der Waals surface area contributed by atoms with Crippen LogP contribution in [0.2, 0.25) is 0 Å². The lowest BCUT2D eigenvalue weighted by Gasteiger charge is -2.29. The second-order valence-electron chi connectivity index (χ2n) is 14.8. The molecule has 0 fully saturated rings. The fourth-order valence-corrected chi connectivity index (χ4v) is 10.4. The third kappa shape index (κ3) is 4.89. The predicted molar refractivity (Wildman–Crippen MR) is 246 cm³/mol. The average molecular weight is 743 g/mol. The van der Waals surface area contributed by atoms with Crippen LogP contribution in [0.15, 0.2) is 206 Å². The highest BCUT2D eigenvalue weighted by Crippen LogP contribution is 2.50. The summed E-state index contributed by atoms with van der Waals surface area (Å²) >= 11 is 1.88. The largest absolute Gasteiger partial charge is 0.309 e. The molecule has 0 aliphatic rings. The summed E-state index contributed by atoms with van der Waals surface area (Å²) in [4.78, 5) is 2.54. The minimum absolute atomic E-state index is 1.15. The van der Waals surface area contributed by atoms with Gasteiger partial charge in [0.05, 0.1) is 32.8 Å². The van der Waals surface area contributed by atoms with E-state index in [1.165, 1.54) is 102 Å². The Labute approximate surface area is 333 Å². The summed E-state index contributed by atoms with van der Waals surface area (Å²) in [7, 11) is 0. The zero-order valence-corrected chi connectivity index (χ0v) is 31.7.